The van der Waals surface area contributed by atoms with Gasteiger partial charge in [-0.3, -0.25) is 4.79 Å². The summed E-state index contributed by atoms with van der Waals surface area (Å²) < 4.78 is 48.6. The van der Waals surface area contributed by atoms with Gasteiger partial charge in [0, 0.05) is 42.5 Å². The summed E-state index contributed by atoms with van der Waals surface area (Å²) in [6.45, 7) is 3.21. The summed E-state index contributed by atoms with van der Waals surface area (Å²) in [4.78, 5) is 30.6. The number of aryl methyl sites for hydroxylation is 1. The van der Waals surface area contributed by atoms with Crippen LogP contribution in [0.3, 0.4) is 0 Å². The van der Waals surface area contributed by atoms with Crippen molar-refractivity contribution >= 4 is 39.3 Å². The number of hydrogen-bond acceptors (Lipinski definition) is 8. The Morgan fingerprint density at radius 1 is 1.04 bits per heavy atom. The van der Waals surface area contributed by atoms with Crippen LogP contribution in [0.2, 0.25) is 5.02 Å². The first-order valence-electron chi connectivity index (χ1n) is 17.3. The standard InChI is InChI=1S/C36H42ClN3O7S/c37-26-8-11-29-24(19-26)5-1-13-35(29)22-40-21-25-7-10-28(25)31(47-34(42)39-16-4-17-39)6-2-18-46-36(14-3-15-36)33(41)38-48(43,44)27-9-12-32(45-23-35)30(40)20-27/h2,6,8-9,11-12,19-20,25,28,31H,1,3-5,7,10,13-18,21-23H2,(H,38,41)/b6-2+/t25-,28+,31-,35-/m0/s1. The second kappa shape index (κ2) is 12.2. The largest absolute Gasteiger partial charge is 0.490 e. The highest BCUT2D eigenvalue weighted by molar-refractivity contribution is 7.90. The first-order chi connectivity index (χ1) is 23.1. The number of anilines is 1. The predicted molar refractivity (Wildman–Crippen MR) is 180 cm³/mol. The third kappa shape index (κ3) is 5.65. The fourth-order valence-electron chi connectivity index (χ4n) is 8.36. The number of carbonyl (C=O) groups is 2. The first-order valence-corrected chi connectivity index (χ1v) is 19.2. The fraction of sp³-hybridized carbons (Fsp3) is 0.556. The molecule has 0 unspecified atom stereocenters. The van der Waals surface area contributed by atoms with Crippen LogP contribution in [-0.4, -0.2) is 76.4 Å². The van der Waals surface area contributed by atoms with Crippen LogP contribution < -0.4 is 14.4 Å². The molecule has 4 atom stereocenters. The predicted octanol–water partition coefficient (Wildman–Crippen LogP) is 5.36. The molecule has 1 N–H and O–H groups in total. The van der Waals surface area contributed by atoms with E-state index in [2.05, 4.69) is 21.8 Å². The monoisotopic (exact) mass is 695 g/mol. The number of likely N-dealkylation sites (tertiary alicyclic amines) is 1. The third-order valence-corrected chi connectivity index (χ3v) is 13.2. The summed E-state index contributed by atoms with van der Waals surface area (Å²) in [6.07, 6.45) is 10.3. The highest BCUT2D eigenvalue weighted by Crippen LogP contribution is 2.47. The Bertz CT molecular complexity index is 1760. The van der Waals surface area contributed by atoms with Crippen molar-refractivity contribution in [2.24, 2.45) is 11.8 Å². The highest BCUT2D eigenvalue weighted by atomic mass is 35.5. The van der Waals surface area contributed by atoms with E-state index in [0.29, 0.717) is 62.1 Å². The van der Waals surface area contributed by atoms with Crippen molar-refractivity contribution in [1.82, 2.24) is 9.62 Å². The zero-order chi connectivity index (χ0) is 33.1. The number of hydrogen-bond donors (Lipinski definition) is 1. The topological polar surface area (TPSA) is 114 Å². The average molecular weight is 696 g/mol. The second-order valence-corrected chi connectivity index (χ2v) is 16.6. The number of halogens is 1. The van der Waals surface area contributed by atoms with Gasteiger partial charge < -0.3 is 24.0 Å². The van der Waals surface area contributed by atoms with E-state index >= 15 is 0 Å². The van der Waals surface area contributed by atoms with Gasteiger partial charge >= 0.3 is 6.09 Å². The number of carbonyl (C=O) groups excluding carboxylic acids is 2. The van der Waals surface area contributed by atoms with Crippen LogP contribution >= 0.6 is 11.6 Å². The summed E-state index contributed by atoms with van der Waals surface area (Å²) in [7, 11) is -4.20. The van der Waals surface area contributed by atoms with Crippen molar-refractivity contribution in [3.8, 4) is 5.75 Å². The number of nitrogens with one attached hydrogen (secondary N) is 1. The minimum atomic E-state index is -4.20. The molecule has 2 bridgehead atoms. The van der Waals surface area contributed by atoms with Crippen molar-refractivity contribution < 1.29 is 32.2 Å². The Morgan fingerprint density at radius 3 is 2.62 bits per heavy atom. The van der Waals surface area contributed by atoms with Crippen LogP contribution in [0.1, 0.15) is 62.5 Å². The molecule has 2 spiro atoms. The van der Waals surface area contributed by atoms with E-state index in [1.807, 2.05) is 18.2 Å². The van der Waals surface area contributed by atoms with E-state index in [-0.39, 0.29) is 34.8 Å². The summed E-state index contributed by atoms with van der Waals surface area (Å²) >= 11 is 6.43. The molecular weight excluding hydrogens is 654 g/mol. The normalized spacial score (nSPS) is 31.0. The maximum Gasteiger partial charge on any atom is 0.410 e. The highest BCUT2D eigenvalue weighted by Gasteiger charge is 2.48. The number of sulfonamides is 1. The number of rotatable bonds is 1. The van der Waals surface area contributed by atoms with Crippen molar-refractivity contribution in [2.75, 3.05) is 44.3 Å². The molecule has 12 heteroatoms. The molecule has 2 amide bonds. The third-order valence-electron chi connectivity index (χ3n) is 11.6. The Hall–Kier alpha value is -3.28. The van der Waals surface area contributed by atoms with Crippen molar-refractivity contribution in [1.29, 1.82) is 0 Å². The average Bonchev–Trinajstić information content (AvgIpc) is 3.13. The lowest BCUT2D eigenvalue weighted by Crippen LogP contribution is -2.55. The first kappa shape index (κ1) is 32.0. The maximum absolute atomic E-state index is 13.7. The Morgan fingerprint density at radius 2 is 1.90 bits per heavy atom. The van der Waals surface area contributed by atoms with Crippen LogP contribution in [0, 0.1) is 11.8 Å². The molecule has 48 heavy (non-hydrogen) atoms. The van der Waals surface area contributed by atoms with Gasteiger partial charge in [-0.15, -0.1) is 0 Å². The molecule has 0 aromatic heterocycles. The number of benzene rings is 2. The molecule has 256 valence electrons. The summed E-state index contributed by atoms with van der Waals surface area (Å²) in [5.41, 5.74) is 1.57. The van der Waals surface area contributed by atoms with Gasteiger partial charge in [0.05, 0.1) is 23.8 Å². The lowest BCUT2D eigenvalue weighted by atomic mass is 9.68. The minimum Gasteiger partial charge on any atom is -0.490 e. The zero-order valence-corrected chi connectivity index (χ0v) is 28.6. The van der Waals surface area contributed by atoms with Gasteiger partial charge in [-0.2, -0.15) is 0 Å². The minimum absolute atomic E-state index is 0.00273. The molecule has 6 aliphatic rings. The van der Waals surface area contributed by atoms with Gasteiger partial charge in [-0.1, -0.05) is 23.7 Å². The number of fused-ring (bicyclic) bond motifs is 4. The molecule has 8 rings (SSSR count). The van der Waals surface area contributed by atoms with Crippen molar-refractivity contribution in [3.05, 3.63) is 64.7 Å². The molecule has 2 aromatic rings. The molecule has 2 saturated carbocycles. The Kier molecular flexibility index (Phi) is 8.15. The van der Waals surface area contributed by atoms with Crippen LogP contribution in [0.25, 0.3) is 0 Å². The SMILES string of the molecule is O=C(O[C@H]1/C=C/COC2(CCC2)C(=O)NS(=O)(=O)c2ccc3c(c2)N(C[C@@H]2CC[C@H]21)C[C@@]1(CCCc2cc(Cl)ccc21)CO3)N1CCC1. The molecule has 10 nitrogen and oxygen atoms in total. The summed E-state index contributed by atoms with van der Waals surface area (Å²) in [5, 5.41) is 0.712. The molecule has 3 heterocycles. The van der Waals surface area contributed by atoms with E-state index in [0.717, 1.165) is 44.9 Å². The Balaban J connectivity index is 1.19. The van der Waals surface area contributed by atoms with Gasteiger partial charge in [-0.05, 0) is 111 Å². The zero-order valence-electron chi connectivity index (χ0n) is 27.0. The van der Waals surface area contributed by atoms with Gasteiger partial charge in [0.15, 0.2) is 0 Å². The molecule has 2 aromatic carbocycles. The van der Waals surface area contributed by atoms with Crippen LogP contribution in [0.4, 0.5) is 10.5 Å². The van der Waals surface area contributed by atoms with Gasteiger partial charge in [0.1, 0.15) is 17.5 Å². The Labute approximate surface area is 286 Å². The molecule has 3 fully saturated rings. The van der Waals surface area contributed by atoms with Crippen molar-refractivity contribution in [2.45, 2.75) is 79.8 Å². The van der Waals surface area contributed by atoms with E-state index in [1.54, 1.807) is 17.0 Å². The molecule has 1 saturated heterocycles. The fourth-order valence-corrected chi connectivity index (χ4v) is 9.62. The second-order valence-electron chi connectivity index (χ2n) is 14.4. The number of amides is 2. The molecule has 0 radical (unpaired) electrons. The lowest BCUT2D eigenvalue weighted by molar-refractivity contribution is -0.155. The van der Waals surface area contributed by atoms with E-state index in [4.69, 9.17) is 25.8 Å². The van der Waals surface area contributed by atoms with E-state index in [9.17, 15) is 18.0 Å². The van der Waals surface area contributed by atoms with Crippen LogP contribution in [-0.2, 0) is 36.1 Å². The molecule has 3 aliphatic carbocycles. The molecular formula is C36H42ClN3O7S. The van der Waals surface area contributed by atoms with E-state index < -0.39 is 27.6 Å². The van der Waals surface area contributed by atoms with Crippen LogP contribution in [0.15, 0.2) is 53.4 Å². The lowest BCUT2D eigenvalue weighted by Gasteiger charge is -2.46. The number of nitrogens with zero attached hydrogens (tertiary/aromatic N) is 2. The maximum atomic E-state index is 13.7. The van der Waals surface area contributed by atoms with Crippen molar-refractivity contribution in [3.63, 3.8) is 0 Å². The van der Waals surface area contributed by atoms with Gasteiger partial charge in [0.25, 0.3) is 15.9 Å². The summed E-state index contributed by atoms with van der Waals surface area (Å²) in [5.74, 6) is 0.211. The van der Waals surface area contributed by atoms with Gasteiger partial charge in [0.2, 0.25) is 0 Å². The summed E-state index contributed by atoms with van der Waals surface area (Å²) in [6, 6.07) is 11.0. The quantitative estimate of drug-likeness (QED) is 0.397. The van der Waals surface area contributed by atoms with Gasteiger partial charge in [-0.25, -0.2) is 17.9 Å². The molecule has 3 aliphatic heterocycles. The smallest absolute Gasteiger partial charge is 0.410 e. The van der Waals surface area contributed by atoms with Crippen LogP contribution in [0.5, 0.6) is 5.75 Å². The number of ether oxygens (including phenoxy) is 3. The van der Waals surface area contributed by atoms with E-state index in [1.165, 1.54) is 17.2 Å².